The Labute approximate surface area is 145 Å². The molecular weight excluding hydrogens is 341 g/mol. The van der Waals surface area contributed by atoms with E-state index < -0.39 is 0 Å². The third-order valence-corrected chi connectivity index (χ3v) is 4.27. The molecule has 2 heterocycles. The first-order chi connectivity index (χ1) is 10.5. The molecule has 0 radical (unpaired) electrons. The van der Waals surface area contributed by atoms with Crippen molar-refractivity contribution >= 4 is 47.2 Å². The van der Waals surface area contributed by atoms with E-state index >= 15 is 0 Å². The third kappa shape index (κ3) is 4.07. The molecule has 1 aromatic rings. The number of nitrogens with one attached hydrogen (secondary N) is 3. The maximum Gasteiger partial charge on any atom is 0.262 e. The molecule has 3 rings (SSSR count). The molecule has 2 aliphatic heterocycles. The first-order valence-corrected chi connectivity index (χ1v) is 7.71. The number of hydrogen-bond acceptors (Lipinski definition) is 4. The number of hydrogen-bond donors (Lipinski definition) is 3. The number of ether oxygens (including phenoxy) is 1. The van der Waals surface area contributed by atoms with Crippen molar-refractivity contribution in [2.45, 2.75) is 25.8 Å². The highest BCUT2D eigenvalue weighted by Gasteiger charge is 2.26. The van der Waals surface area contributed by atoms with Crippen LogP contribution in [0.4, 0.5) is 11.4 Å². The summed E-state index contributed by atoms with van der Waals surface area (Å²) in [6, 6.07) is 3.58. The van der Waals surface area contributed by atoms with Crippen LogP contribution in [0.5, 0.6) is 5.75 Å². The number of rotatable bonds is 2. The third-order valence-electron chi connectivity index (χ3n) is 3.95. The predicted octanol–water partition coefficient (Wildman–Crippen LogP) is 2.42. The fourth-order valence-electron chi connectivity index (χ4n) is 2.80. The van der Waals surface area contributed by atoms with E-state index in [1.165, 1.54) is 0 Å². The Bertz CT molecular complexity index is 624. The highest BCUT2D eigenvalue weighted by atomic mass is 35.5. The van der Waals surface area contributed by atoms with Crippen molar-refractivity contribution in [3.8, 4) is 5.75 Å². The standard InChI is InChI=1S/C15H18ClN3O3.ClH/c1-8-4-9(2-3-17-8)15(21)19-11-6-13-12(5-10(11)16)18-14(20)7-22-13;/h5-6,8-9,17H,2-4,7H2,1H3,(H,18,20)(H,19,21);1H/t8-,9-;/m0./s1. The van der Waals surface area contributed by atoms with E-state index in [-0.39, 0.29) is 36.7 Å². The molecule has 0 unspecified atom stereocenters. The van der Waals surface area contributed by atoms with Gasteiger partial charge in [0.05, 0.1) is 16.4 Å². The maximum atomic E-state index is 12.4. The second-order valence-electron chi connectivity index (χ2n) is 5.73. The largest absolute Gasteiger partial charge is 0.482 e. The summed E-state index contributed by atoms with van der Waals surface area (Å²) < 4.78 is 5.34. The summed E-state index contributed by atoms with van der Waals surface area (Å²) >= 11 is 6.19. The molecule has 1 saturated heterocycles. The summed E-state index contributed by atoms with van der Waals surface area (Å²) in [6.45, 7) is 2.88. The number of halogens is 2. The van der Waals surface area contributed by atoms with Gasteiger partial charge in [0.25, 0.3) is 5.91 Å². The highest BCUT2D eigenvalue weighted by Crippen LogP contribution is 2.36. The fourth-order valence-corrected chi connectivity index (χ4v) is 3.01. The van der Waals surface area contributed by atoms with Crippen molar-refractivity contribution in [1.29, 1.82) is 0 Å². The molecule has 1 fully saturated rings. The number of amides is 2. The molecule has 0 saturated carbocycles. The zero-order valence-corrected chi connectivity index (χ0v) is 14.2. The zero-order valence-electron chi connectivity index (χ0n) is 12.6. The molecule has 6 nitrogen and oxygen atoms in total. The van der Waals surface area contributed by atoms with Crippen LogP contribution in [-0.2, 0) is 9.59 Å². The van der Waals surface area contributed by atoms with Crippen molar-refractivity contribution in [3.63, 3.8) is 0 Å². The van der Waals surface area contributed by atoms with Crippen molar-refractivity contribution in [2.24, 2.45) is 5.92 Å². The molecule has 0 spiro atoms. The summed E-state index contributed by atoms with van der Waals surface area (Å²) in [7, 11) is 0. The molecule has 126 valence electrons. The molecule has 2 amide bonds. The van der Waals surface area contributed by atoms with Crippen molar-refractivity contribution < 1.29 is 14.3 Å². The van der Waals surface area contributed by atoms with Crippen LogP contribution in [0.15, 0.2) is 12.1 Å². The van der Waals surface area contributed by atoms with Gasteiger partial charge in [-0.3, -0.25) is 9.59 Å². The van der Waals surface area contributed by atoms with Gasteiger partial charge in [0.1, 0.15) is 5.75 Å². The molecule has 23 heavy (non-hydrogen) atoms. The molecule has 0 aliphatic carbocycles. The van der Waals surface area contributed by atoms with E-state index in [9.17, 15) is 9.59 Å². The van der Waals surface area contributed by atoms with Crippen LogP contribution >= 0.6 is 24.0 Å². The molecule has 0 aromatic heterocycles. The number of fused-ring (bicyclic) bond motifs is 1. The van der Waals surface area contributed by atoms with Crippen molar-refractivity contribution in [3.05, 3.63) is 17.2 Å². The molecule has 0 bridgehead atoms. The first kappa shape index (κ1) is 17.8. The van der Waals surface area contributed by atoms with E-state index in [1.807, 2.05) is 0 Å². The normalized spacial score (nSPS) is 23.0. The van der Waals surface area contributed by atoms with E-state index in [4.69, 9.17) is 16.3 Å². The van der Waals surface area contributed by atoms with Crippen molar-refractivity contribution in [2.75, 3.05) is 23.8 Å². The van der Waals surface area contributed by atoms with E-state index in [0.29, 0.717) is 28.2 Å². The van der Waals surface area contributed by atoms with Gasteiger partial charge in [0, 0.05) is 18.0 Å². The van der Waals surface area contributed by atoms with Crippen molar-refractivity contribution in [1.82, 2.24) is 5.32 Å². The Hall–Kier alpha value is -1.50. The Morgan fingerprint density at radius 2 is 2.22 bits per heavy atom. The number of benzene rings is 1. The second-order valence-corrected chi connectivity index (χ2v) is 6.14. The minimum absolute atomic E-state index is 0. The average molecular weight is 360 g/mol. The number of carbonyl (C=O) groups excluding carboxylic acids is 2. The second kappa shape index (κ2) is 7.38. The SMILES string of the molecule is C[C@H]1C[C@@H](C(=O)Nc2cc3c(cc2Cl)NC(=O)CO3)CCN1.Cl. The Morgan fingerprint density at radius 3 is 2.96 bits per heavy atom. The number of anilines is 2. The van der Waals surface area contributed by atoms with Gasteiger partial charge < -0.3 is 20.7 Å². The Kier molecular flexibility index (Phi) is 5.73. The number of piperidine rings is 1. The predicted molar refractivity (Wildman–Crippen MR) is 91.6 cm³/mol. The van der Waals surface area contributed by atoms with Crippen LogP contribution in [0.2, 0.25) is 5.02 Å². The Balaban J connectivity index is 0.00000192. The molecule has 2 atom stereocenters. The van der Waals surface area contributed by atoms with Crippen LogP contribution < -0.4 is 20.7 Å². The van der Waals surface area contributed by atoms with Gasteiger partial charge in [-0.25, -0.2) is 0 Å². The van der Waals surface area contributed by atoms with Crippen LogP contribution in [0.3, 0.4) is 0 Å². The monoisotopic (exact) mass is 359 g/mol. The summed E-state index contributed by atoms with van der Waals surface area (Å²) in [4.78, 5) is 23.7. The maximum absolute atomic E-state index is 12.4. The molecule has 2 aliphatic rings. The van der Waals surface area contributed by atoms with Gasteiger partial charge in [0.2, 0.25) is 5.91 Å². The van der Waals surface area contributed by atoms with Gasteiger partial charge in [-0.1, -0.05) is 11.6 Å². The lowest BCUT2D eigenvalue weighted by Crippen LogP contribution is -2.40. The first-order valence-electron chi connectivity index (χ1n) is 7.33. The summed E-state index contributed by atoms with van der Waals surface area (Å²) in [5, 5.41) is 9.25. The highest BCUT2D eigenvalue weighted by molar-refractivity contribution is 6.34. The lowest BCUT2D eigenvalue weighted by atomic mass is 9.92. The average Bonchev–Trinajstić information content (AvgIpc) is 2.48. The Morgan fingerprint density at radius 1 is 1.43 bits per heavy atom. The quantitative estimate of drug-likeness (QED) is 0.757. The van der Waals surface area contributed by atoms with Crippen LogP contribution in [-0.4, -0.2) is 31.0 Å². The van der Waals surface area contributed by atoms with E-state index in [0.717, 1.165) is 19.4 Å². The lowest BCUT2D eigenvalue weighted by molar-refractivity contribution is -0.121. The topological polar surface area (TPSA) is 79.5 Å². The van der Waals surface area contributed by atoms with E-state index in [1.54, 1.807) is 12.1 Å². The van der Waals surface area contributed by atoms with Gasteiger partial charge >= 0.3 is 0 Å². The van der Waals surface area contributed by atoms with Gasteiger partial charge in [-0.05, 0) is 32.4 Å². The fraction of sp³-hybridized carbons (Fsp3) is 0.467. The van der Waals surface area contributed by atoms with Gasteiger partial charge in [-0.15, -0.1) is 12.4 Å². The van der Waals surface area contributed by atoms with Gasteiger partial charge in [0.15, 0.2) is 6.61 Å². The van der Waals surface area contributed by atoms with Gasteiger partial charge in [-0.2, -0.15) is 0 Å². The minimum Gasteiger partial charge on any atom is -0.482 e. The van der Waals surface area contributed by atoms with E-state index in [2.05, 4.69) is 22.9 Å². The summed E-state index contributed by atoms with van der Waals surface area (Å²) in [5.74, 6) is 0.237. The molecule has 8 heteroatoms. The molecule has 3 N–H and O–H groups in total. The summed E-state index contributed by atoms with van der Waals surface area (Å²) in [5.41, 5.74) is 1.03. The minimum atomic E-state index is -0.218. The molecular formula is C15H19Cl2N3O3. The van der Waals surface area contributed by atoms with Crippen LogP contribution in [0.25, 0.3) is 0 Å². The smallest absolute Gasteiger partial charge is 0.262 e. The lowest BCUT2D eigenvalue weighted by Gasteiger charge is -2.27. The molecule has 1 aromatic carbocycles. The van der Waals surface area contributed by atoms with Crippen LogP contribution in [0, 0.1) is 5.92 Å². The summed E-state index contributed by atoms with van der Waals surface area (Å²) in [6.07, 6.45) is 1.62. The number of carbonyl (C=O) groups is 2. The zero-order chi connectivity index (χ0) is 15.7. The van der Waals surface area contributed by atoms with Crippen LogP contribution in [0.1, 0.15) is 19.8 Å².